The molecule has 21 heavy (non-hydrogen) atoms. The van der Waals surface area contributed by atoms with Gasteiger partial charge in [0.15, 0.2) is 17.3 Å². The average Bonchev–Trinajstić information content (AvgIpc) is 2.46. The Hall–Kier alpha value is -1.81. The molecule has 0 unspecified atom stereocenters. The van der Waals surface area contributed by atoms with Gasteiger partial charge in [-0.3, -0.25) is 9.69 Å². The molecule has 114 valence electrons. The molecule has 1 aromatic carbocycles. The van der Waals surface area contributed by atoms with Crippen LogP contribution in [0, 0.1) is 0 Å². The molecule has 1 aliphatic heterocycles. The number of methoxy groups -OCH3 is 2. The molecule has 0 spiro atoms. The summed E-state index contributed by atoms with van der Waals surface area (Å²) in [5.41, 5.74) is 3.31. The molecule has 0 saturated carbocycles. The predicted octanol–water partition coefficient (Wildman–Crippen LogP) is 2.90. The summed E-state index contributed by atoms with van der Waals surface area (Å²) in [5, 5.41) is 0. The summed E-state index contributed by atoms with van der Waals surface area (Å²) in [4.78, 5) is 14.1. The number of carbonyl (C=O) groups excluding carboxylic acids is 1. The van der Waals surface area contributed by atoms with E-state index in [-0.39, 0.29) is 5.78 Å². The van der Waals surface area contributed by atoms with Crippen molar-refractivity contribution in [1.29, 1.82) is 0 Å². The maximum atomic E-state index is 12.0. The Balaban J connectivity index is 2.47. The first-order valence-electron chi connectivity index (χ1n) is 7.26. The Morgan fingerprint density at radius 3 is 2.52 bits per heavy atom. The summed E-state index contributed by atoms with van der Waals surface area (Å²) in [7, 11) is 5.32. The quantitative estimate of drug-likeness (QED) is 0.781. The van der Waals surface area contributed by atoms with Crippen LogP contribution in [0.2, 0.25) is 0 Å². The molecule has 0 atom stereocenters. The summed E-state index contributed by atoms with van der Waals surface area (Å²) in [6, 6.07) is 3.98. The van der Waals surface area contributed by atoms with Crippen LogP contribution in [0.3, 0.4) is 0 Å². The highest BCUT2D eigenvalue weighted by molar-refractivity contribution is 5.97. The number of hydrogen-bond acceptors (Lipinski definition) is 4. The summed E-state index contributed by atoms with van der Waals surface area (Å²) in [5.74, 6) is 1.61. The molecule has 0 aliphatic carbocycles. The van der Waals surface area contributed by atoms with Gasteiger partial charge in [0.1, 0.15) is 0 Å². The van der Waals surface area contributed by atoms with E-state index >= 15 is 0 Å². The second-order valence-corrected chi connectivity index (χ2v) is 5.42. The lowest BCUT2D eigenvalue weighted by molar-refractivity contribution is -0.114. The number of benzene rings is 1. The fraction of sp³-hybridized carbons (Fsp3) is 0.471. The van der Waals surface area contributed by atoms with E-state index in [0.29, 0.717) is 12.2 Å². The number of likely N-dealkylation sites (N-methyl/N-ethyl adjacent to an activating group) is 1. The van der Waals surface area contributed by atoms with Crippen molar-refractivity contribution < 1.29 is 14.3 Å². The molecule has 0 saturated heterocycles. The lowest BCUT2D eigenvalue weighted by Gasteiger charge is -2.28. The molecule has 4 nitrogen and oxygen atoms in total. The molecule has 4 heteroatoms. The van der Waals surface area contributed by atoms with Gasteiger partial charge < -0.3 is 9.47 Å². The molecule has 0 amide bonds. The van der Waals surface area contributed by atoms with E-state index in [1.165, 1.54) is 0 Å². The smallest absolute Gasteiger partial charge is 0.161 e. The zero-order chi connectivity index (χ0) is 15.4. The third-order valence-corrected chi connectivity index (χ3v) is 3.67. The second kappa shape index (κ2) is 6.76. The number of carbonyl (C=O) groups is 1. The lowest BCUT2D eigenvalue weighted by Crippen LogP contribution is -2.26. The van der Waals surface area contributed by atoms with Crippen molar-refractivity contribution in [2.75, 3.05) is 27.8 Å². The van der Waals surface area contributed by atoms with Gasteiger partial charge in [0.2, 0.25) is 0 Å². The molecule has 0 N–H and O–H groups in total. The van der Waals surface area contributed by atoms with Crippen LogP contribution in [0.1, 0.15) is 30.9 Å². The van der Waals surface area contributed by atoms with Crippen molar-refractivity contribution in [3.63, 3.8) is 0 Å². The van der Waals surface area contributed by atoms with E-state index in [4.69, 9.17) is 9.47 Å². The van der Waals surface area contributed by atoms with Gasteiger partial charge in [-0.2, -0.15) is 0 Å². The van der Waals surface area contributed by atoms with Gasteiger partial charge in [0, 0.05) is 19.5 Å². The topological polar surface area (TPSA) is 38.8 Å². The minimum Gasteiger partial charge on any atom is -0.493 e. The molecule has 0 aromatic heterocycles. The van der Waals surface area contributed by atoms with Crippen molar-refractivity contribution in [2.45, 2.75) is 26.3 Å². The minimum atomic E-state index is 0.184. The van der Waals surface area contributed by atoms with Crippen molar-refractivity contribution in [2.24, 2.45) is 0 Å². The molecule has 2 rings (SSSR count). The summed E-state index contributed by atoms with van der Waals surface area (Å²) < 4.78 is 10.7. The van der Waals surface area contributed by atoms with Crippen molar-refractivity contribution >= 4 is 11.4 Å². The number of allylic oxidation sites excluding steroid dienone is 1. The third-order valence-electron chi connectivity index (χ3n) is 3.67. The number of fused-ring (bicyclic) bond motifs is 1. The first kappa shape index (κ1) is 15.6. The zero-order valence-electron chi connectivity index (χ0n) is 13.2. The first-order chi connectivity index (χ1) is 10.1. The van der Waals surface area contributed by atoms with Crippen LogP contribution in [0.25, 0.3) is 5.57 Å². The highest BCUT2D eigenvalue weighted by Crippen LogP contribution is 2.36. The maximum absolute atomic E-state index is 12.0. The normalized spacial score (nSPS) is 16.7. The van der Waals surface area contributed by atoms with Crippen LogP contribution >= 0.6 is 0 Å². The van der Waals surface area contributed by atoms with Gasteiger partial charge in [-0.05, 0) is 48.4 Å². The van der Waals surface area contributed by atoms with Crippen LogP contribution in [0.4, 0.5) is 0 Å². The molecular formula is C17H23NO3. The van der Waals surface area contributed by atoms with Crippen LogP contribution in [-0.2, 0) is 11.3 Å². The maximum Gasteiger partial charge on any atom is 0.161 e. The Labute approximate surface area is 126 Å². The van der Waals surface area contributed by atoms with E-state index in [9.17, 15) is 4.79 Å². The molecule has 0 fully saturated rings. The molecule has 0 radical (unpaired) electrons. The Morgan fingerprint density at radius 1 is 1.24 bits per heavy atom. The van der Waals surface area contributed by atoms with Crippen LogP contribution < -0.4 is 9.47 Å². The highest BCUT2D eigenvalue weighted by Gasteiger charge is 2.21. The molecule has 0 bridgehead atoms. The van der Waals surface area contributed by atoms with Crippen LogP contribution in [0.15, 0.2) is 18.2 Å². The largest absolute Gasteiger partial charge is 0.493 e. The second-order valence-electron chi connectivity index (χ2n) is 5.42. The standard InChI is InChI=1S/C17H23NO3/c1-5-6-14(19)7-12-10-18(2)11-13-8-16(20-3)17(21-4)9-15(12)13/h7-9H,5-6,10-11H2,1-4H3/b12-7-. The van der Waals surface area contributed by atoms with Crippen molar-refractivity contribution in [3.8, 4) is 11.5 Å². The number of rotatable bonds is 5. The SMILES string of the molecule is CCCC(=O)/C=C1/CN(C)Cc2cc(OC)c(OC)cc21. The highest BCUT2D eigenvalue weighted by atomic mass is 16.5. The number of nitrogens with zero attached hydrogens (tertiary/aromatic N) is 1. The summed E-state index contributed by atoms with van der Waals surface area (Å²) >= 11 is 0. The van der Waals surface area contributed by atoms with E-state index < -0.39 is 0 Å². The van der Waals surface area contributed by atoms with Gasteiger partial charge in [0.25, 0.3) is 0 Å². The fourth-order valence-corrected chi connectivity index (χ4v) is 2.71. The van der Waals surface area contributed by atoms with E-state index in [2.05, 4.69) is 11.9 Å². The lowest BCUT2D eigenvalue weighted by atomic mass is 9.93. The predicted molar refractivity (Wildman–Crippen MR) is 83.8 cm³/mol. The Kier molecular flexibility index (Phi) is 5.02. The van der Waals surface area contributed by atoms with Gasteiger partial charge >= 0.3 is 0 Å². The summed E-state index contributed by atoms with van der Waals surface area (Å²) in [6.07, 6.45) is 3.25. The average molecular weight is 289 g/mol. The van der Waals surface area contributed by atoms with Crippen LogP contribution in [0.5, 0.6) is 11.5 Å². The Morgan fingerprint density at radius 2 is 1.90 bits per heavy atom. The minimum absolute atomic E-state index is 0.184. The third kappa shape index (κ3) is 3.45. The van der Waals surface area contributed by atoms with Gasteiger partial charge in [-0.1, -0.05) is 6.92 Å². The van der Waals surface area contributed by atoms with E-state index in [0.717, 1.165) is 42.0 Å². The van der Waals surface area contributed by atoms with E-state index in [1.807, 2.05) is 19.1 Å². The Bertz CT molecular complexity index is 563. The van der Waals surface area contributed by atoms with Crippen molar-refractivity contribution in [3.05, 3.63) is 29.3 Å². The fourth-order valence-electron chi connectivity index (χ4n) is 2.71. The van der Waals surface area contributed by atoms with E-state index in [1.54, 1.807) is 20.3 Å². The van der Waals surface area contributed by atoms with Crippen molar-refractivity contribution in [1.82, 2.24) is 4.90 Å². The van der Waals surface area contributed by atoms with Gasteiger partial charge in [-0.25, -0.2) is 0 Å². The zero-order valence-corrected chi connectivity index (χ0v) is 13.2. The first-order valence-corrected chi connectivity index (χ1v) is 7.26. The number of ketones is 1. The summed E-state index contributed by atoms with van der Waals surface area (Å²) in [6.45, 7) is 3.64. The monoisotopic (exact) mass is 289 g/mol. The molecule has 1 heterocycles. The molecule has 1 aromatic rings. The van der Waals surface area contributed by atoms with Gasteiger partial charge in [0.05, 0.1) is 14.2 Å². The number of hydrogen-bond donors (Lipinski definition) is 0. The molecular weight excluding hydrogens is 266 g/mol. The number of ether oxygens (including phenoxy) is 2. The van der Waals surface area contributed by atoms with Crippen LogP contribution in [-0.4, -0.2) is 38.5 Å². The van der Waals surface area contributed by atoms with Gasteiger partial charge in [-0.15, -0.1) is 0 Å². The molecule has 1 aliphatic rings.